The van der Waals surface area contributed by atoms with Crippen LogP contribution < -0.4 is 0 Å². The lowest BCUT2D eigenvalue weighted by molar-refractivity contribution is 0.0916. The molecule has 52 valence electrons. The molecule has 2 heteroatoms. The van der Waals surface area contributed by atoms with Gasteiger partial charge >= 0.3 is 0 Å². The zero-order valence-electron chi connectivity index (χ0n) is 5.72. The van der Waals surface area contributed by atoms with Crippen molar-refractivity contribution in [1.82, 2.24) is 0 Å². The number of hydrogen-bond acceptors (Lipinski definition) is 2. The summed E-state index contributed by atoms with van der Waals surface area (Å²) in [4.78, 5) is 0. The second kappa shape index (κ2) is 7.32. The number of terminal acetylenes is 1. The molecule has 0 aliphatic rings. The predicted molar refractivity (Wildman–Crippen MR) is 35.9 cm³/mol. The summed E-state index contributed by atoms with van der Waals surface area (Å²) in [6.45, 7) is 3.94. The Morgan fingerprint density at radius 2 is 2.11 bits per heavy atom. The highest BCUT2D eigenvalue weighted by Crippen LogP contribution is 1.79. The molecule has 0 saturated carbocycles. The van der Waals surface area contributed by atoms with Crippen LogP contribution in [0.2, 0.25) is 0 Å². The van der Waals surface area contributed by atoms with E-state index in [2.05, 4.69) is 17.8 Å². The van der Waals surface area contributed by atoms with Crippen LogP contribution in [0.15, 0.2) is 0 Å². The summed E-state index contributed by atoms with van der Waals surface area (Å²) in [6, 6.07) is 0. The second-order valence-electron chi connectivity index (χ2n) is 1.58. The topological polar surface area (TPSA) is 18.5 Å². The van der Waals surface area contributed by atoms with E-state index < -0.39 is 0 Å². The summed E-state index contributed by atoms with van der Waals surface area (Å²) in [5, 5.41) is 0. The van der Waals surface area contributed by atoms with E-state index in [1.807, 2.05) is 0 Å². The first-order valence-corrected chi connectivity index (χ1v) is 3.07. The van der Waals surface area contributed by atoms with Gasteiger partial charge < -0.3 is 9.47 Å². The SMILES string of the molecule is C#COCCOCCC. The molecule has 0 spiro atoms. The Morgan fingerprint density at radius 1 is 1.33 bits per heavy atom. The van der Waals surface area contributed by atoms with Crippen LogP contribution in [0.25, 0.3) is 0 Å². The fourth-order valence-corrected chi connectivity index (χ4v) is 0.406. The highest BCUT2D eigenvalue weighted by Gasteiger charge is 1.83. The fourth-order valence-electron chi connectivity index (χ4n) is 0.406. The fraction of sp³-hybridized carbons (Fsp3) is 0.714. The first-order chi connectivity index (χ1) is 4.41. The maximum Gasteiger partial charge on any atom is 0.123 e. The van der Waals surface area contributed by atoms with Gasteiger partial charge in [-0.15, -0.1) is 0 Å². The molecule has 0 unspecified atom stereocenters. The molecular formula is C7H12O2. The molecule has 2 nitrogen and oxygen atoms in total. The first kappa shape index (κ1) is 8.32. The maximum atomic E-state index is 5.06. The van der Waals surface area contributed by atoms with Crippen LogP contribution in [0.4, 0.5) is 0 Å². The van der Waals surface area contributed by atoms with E-state index in [-0.39, 0.29) is 0 Å². The van der Waals surface area contributed by atoms with E-state index in [0.29, 0.717) is 13.2 Å². The molecule has 0 N–H and O–H groups in total. The van der Waals surface area contributed by atoms with Gasteiger partial charge in [0.1, 0.15) is 12.7 Å². The van der Waals surface area contributed by atoms with E-state index in [9.17, 15) is 0 Å². The average Bonchev–Trinajstić information content (AvgIpc) is 1.89. The molecule has 0 heterocycles. The van der Waals surface area contributed by atoms with Gasteiger partial charge in [-0.1, -0.05) is 13.3 Å². The van der Waals surface area contributed by atoms with E-state index in [1.54, 1.807) is 0 Å². The molecule has 0 aromatic rings. The van der Waals surface area contributed by atoms with Crippen molar-refractivity contribution in [3.05, 3.63) is 0 Å². The normalized spacial score (nSPS) is 8.44. The summed E-state index contributed by atoms with van der Waals surface area (Å²) in [6.07, 6.45) is 7.92. The van der Waals surface area contributed by atoms with E-state index in [1.165, 1.54) is 0 Å². The number of ether oxygens (including phenoxy) is 2. The van der Waals surface area contributed by atoms with Crippen molar-refractivity contribution in [2.75, 3.05) is 19.8 Å². The Labute approximate surface area is 56.2 Å². The van der Waals surface area contributed by atoms with Crippen molar-refractivity contribution in [1.29, 1.82) is 0 Å². The largest absolute Gasteiger partial charge is 0.444 e. The minimum atomic E-state index is 0.497. The summed E-state index contributed by atoms with van der Waals surface area (Å²) in [5.74, 6) is 0. The third-order valence-corrected chi connectivity index (χ3v) is 0.762. The zero-order valence-corrected chi connectivity index (χ0v) is 5.72. The Morgan fingerprint density at radius 3 is 2.67 bits per heavy atom. The van der Waals surface area contributed by atoms with Crippen molar-refractivity contribution in [3.8, 4) is 12.5 Å². The second-order valence-corrected chi connectivity index (χ2v) is 1.58. The lowest BCUT2D eigenvalue weighted by atomic mass is 10.5. The third-order valence-electron chi connectivity index (χ3n) is 0.762. The predicted octanol–water partition coefficient (Wildman–Crippen LogP) is 1.02. The minimum Gasteiger partial charge on any atom is -0.444 e. The molecule has 0 aliphatic heterocycles. The molecule has 0 atom stereocenters. The van der Waals surface area contributed by atoms with Gasteiger partial charge in [-0.25, -0.2) is 0 Å². The van der Waals surface area contributed by atoms with Crippen LogP contribution in [0.5, 0.6) is 0 Å². The van der Waals surface area contributed by atoms with E-state index in [4.69, 9.17) is 11.2 Å². The highest BCUT2D eigenvalue weighted by atomic mass is 16.5. The van der Waals surface area contributed by atoms with Crippen LogP contribution in [-0.2, 0) is 9.47 Å². The van der Waals surface area contributed by atoms with Crippen molar-refractivity contribution >= 4 is 0 Å². The molecule has 0 aromatic heterocycles. The molecular weight excluding hydrogens is 116 g/mol. The monoisotopic (exact) mass is 128 g/mol. The molecule has 0 bridgehead atoms. The number of rotatable bonds is 5. The minimum absolute atomic E-state index is 0.497. The summed E-state index contributed by atoms with van der Waals surface area (Å²) < 4.78 is 9.65. The van der Waals surface area contributed by atoms with Crippen LogP contribution in [0.3, 0.4) is 0 Å². The summed E-state index contributed by atoms with van der Waals surface area (Å²) in [5.41, 5.74) is 0. The van der Waals surface area contributed by atoms with Gasteiger partial charge in [-0.2, -0.15) is 0 Å². The molecule has 0 rings (SSSR count). The molecule has 0 amide bonds. The Hall–Kier alpha value is -0.680. The Balaban J connectivity index is 2.69. The van der Waals surface area contributed by atoms with Crippen molar-refractivity contribution < 1.29 is 9.47 Å². The summed E-state index contributed by atoms with van der Waals surface area (Å²) >= 11 is 0. The Kier molecular flexibility index (Phi) is 6.77. The molecule has 0 radical (unpaired) electrons. The van der Waals surface area contributed by atoms with Gasteiger partial charge in [0.15, 0.2) is 0 Å². The molecule has 0 saturated heterocycles. The molecule has 0 aromatic carbocycles. The van der Waals surface area contributed by atoms with E-state index >= 15 is 0 Å². The lowest BCUT2D eigenvalue weighted by Crippen LogP contribution is -2.01. The van der Waals surface area contributed by atoms with Crippen LogP contribution in [0.1, 0.15) is 13.3 Å². The van der Waals surface area contributed by atoms with Crippen LogP contribution in [0, 0.1) is 12.5 Å². The van der Waals surface area contributed by atoms with Gasteiger partial charge in [-0.05, 0) is 6.42 Å². The van der Waals surface area contributed by atoms with Gasteiger partial charge in [0.25, 0.3) is 0 Å². The Bertz CT molecular complexity index is 83.4. The lowest BCUT2D eigenvalue weighted by Gasteiger charge is -1.98. The zero-order chi connectivity index (χ0) is 6.95. The van der Waals surface area contributed by atoms with Gasteiger partial charge in [0.05, 0.1) is 6.61 Å². The molecule has 0 aliphatic carbocycles. The van der Waals surface area contributed by atoms with Crippen LogP contribution in [-0.4, -0.2) is 19.8 Å². The van der Waals surface area contributed by atoms with Crippen molar-refractivity contribution in [2.45, 2.75) is 13.3 Å². The maximum absolute atomic E-state index is 5.06. The molecule has 9 heavy (non-hydrogen) atoms. The van der Waals surface area contributed by atoms with Crippen LogP contribution >= 0.6 is 0 Å². The standard InChI is InChI=1S/C7H12O2/c1-3-5-9-7-6-8-4-2/h2H,3,5-7H2,1H3. The first-order valence-electron chi connectivity index (χ1n) is 3.07. The third kappa shape index (κ3) is 7.32. The highest BCUT2D eigenvalue weighted by molar-refractivity contribution is 4.67. The van der Waals surface area contributed by atoms with Crippen molar-refractivity contribution in [2.24, 2.45) is 0 Å². The average molecular weight is 128 g/mol. The quantitative estimate of drug-likeness (QED) is 0.406. The van der Waals surface area contributed by atoms with Gasteiger partial charge in [0, 0.05) is 6.61 Å². The number of hydrogen-bond donors (Lipinski definition) is 0. The van der Waals surface area contributed by atoms with Gasteiger partial charge in [0.2, 0.25) is 0 Å². The van der Waals surface area contributed by atoms with E-state index in [0.717, 1.165) is 13.0 Å². The molecule has 0 fully saturated rings. The van der Waals surface area contributed by atoms with Crippen molar-refractivity contribution in [3.63, 3.8) is 0 Å². The smallest absolute Gasteiger partial charge is 0.123 e. The summed E-state index contributed by atoms with van der Waals surface area (Å²) in [7, 11) is 0. The van der Waals surface area contributed by atoms with Gasteiger partial charge in [-0.3, -0.25) is 0 Å².